The predicted octanol–water partition coefficient (Wildman–Crippen LogP) is 0.902. The highest BCUT2D eigenvalue weighted by Crippen LogP contribution is 2.19. The minimum atomic E-state index is 0.362. The van der Waals surface area contributed by atoms with Gasteiger partial charge in [0.1, 0.15) is 11.9 Å². The summed E-state index contributed by atoms with van der Waals surface area (Å²) >= 11 is 0. The van der Waals surface area contributed by atoms with Crippen molar-refractivity contribution in [3.63, 3.8) is 0 Å². The summed E-state index contributed by atoms with van der Waals surface area (Å²) in [6.07, 6.45) is 1.86. The lowest BCUT2D eigenvalue weighted by atomic mass is 10.2. The number of nitrogen functional groups attached to an aromatic ring is 1. The lowest BCUT2D eigenvalue weighted by molar-refractivity contribution is 0.205. The van der Waals surface area contributed by atoms with Crippen molar-refractivity contribution >= 4 is 11.5 Å². The van der Waals surface area contributed by atoms with Crippen LogP contribution in [0.1, 0.15) is 12.0 Å². The third-order valence-corrected chi connectivity index (χ3v) is 2.37. The molecule has 0 aliphatic carbocycles. The zero-order chi connectivity index (χ0) is 13.4. The molecule has 0 saturated heterocycles. The van der Waals surface area contributed by atoms with E-state index in [9.17, 15) is 0 Å². The molecule has 0 unspecified atom stereocenters. The van der Waals surface area contributed by atoms with Gasteiger partial charge in [-0.1, -0.05) is 0 Å². The number of nitriles is 2. The molecular formula is C12H15N5O. The van der Waals surface area contributed by atoms with Gasteiger partial charge in [-0.3, -0.25) is 0 Å². The fourth-order valence-corrected chi connectivity index (χ4v) is 1.52. The second kappa shape index (κ2) is 7.10. The van der Waals surface area contributed by atoms with Gasteiger partial charge in [0, 0.05) is 20.2 Å². The number of methoxy groups -OCH3 is 1. The van der Waals surface area contributed by atoms with E-state index >= 15 is 0 Å². The number of nitrogens with zero attached hydrogens (tertiary/aromatic N) is 4. The van der Waals surface area contributed by atoms with E-state index in [0.717, 1.165) is 0 Å². The molecule has 0 aliphatic heterocycles. The number of aromatic nitrogens is 1. The third kappa shape index (κ3) is 3.62. The highest BCUT2D eigenvalue weighted by atomic mass is 16.5. The largest absolute Gasteiger partial charge is 0.397 e. The number of nitrogens with two attached hydrogens (primary N) is 1. The molecule has 1 rings (SSSR count). The number of hydrogen-bond acceptors (Lipinski definition) is 6. The Hall–Kier alpha value is -2.31. The summed E-state index contributed by atoms with van der Waals surface area (Å²) in [5.74, 6) is 0.541. The Morgan fingerprint density at radius 3 is 2.83 bits per heavy atom. The minimum Gasteiger partial charge on any atom is -0.397 e. The summed E-state index contributed by atoms with van der Waals surface area (Å²) < 4.78 is 5.01. The van der Waals surface area contributed by atoms with Gasteiger partial charge < -0.3 is 15.4 Å². The molecule has 0 amide bonds. The van der Waals surface area contributed by atoms with Crippen molar-refractivity contribution in [2.45, 2.75) is 6.42 Å². The first-order valence-corrected chi connectivity index (χ1v) is 5.49. The van der Waals surface area contributed by atoms with Crippen molar-refractivity contribution in [1.29, 1.82) is 10.5 Å². The fraction of sp³-hybridized carbons (Fsp3) is 0.417. The van der Waals surface area contributed by atoms with Gasteiger partial charge in [0.05, 0.1) is 36.5 Å². The van der Waals surface area contributed by atoms with Crippen LogP contribution in [0.15, 0.2) is 12.3 Å². The Bertz CT molecular complexity index is 474. The van der Waals surface area contributed by atoms with Crippen LogP contribution in [-0.2, 0) is 4.74 Å². The van der Waals surface area contributed by atoms with E-state index in [2.05, 4.69) is 17.1 Å². The summed E-state index contributed by atoms with van der Waals surface area (Å²) in [5, 5.41) is 17.7. The van der Waals surface area contributed by atoms with E-state index in [4.69, 9.17) is 21.0 Å². The molecule has 6 nitrogen and oxygen atoms in total. The quantitative estimate of drug-likeness (QED) is 0.799. The summed E-state index contributed by atoms with van der Waals surface area (Å²) in [6.45, 7) is 1.58. The smallest absolute Gasteiger partial charge is 0.146 e. The first-order valence-electron chi connectivity index (χ1n) is 5.49. The molecule has 94 valence electrons. The molecule has 1 aromatic heterocycles. The zero-order valence-electron chi connectivity index (χ0n) is 10.3. The van der Waals surface area contributed by atoms with Crippen molar-refractivity contribution in [2.75, 3.05) is 37.4 Å². The molecule has 0 bridgehead atoms. The molecule has 0 saturated carbocycles. The second-order valence-electron chi connectivity index (χ2n) is 3.64. The van der Waals surface area contributed by atoms with Gasteiger partial charge in [-0.2, -0.15) is 10.5 Å². The maximum Gasteiger partial charge on any atom is 0.146 e. The number of hydrogen-bond donors (Lipinski definition) is 1. The maximum absolute atomic E-state index is 9.07. The van der Waals surface area contributed by atoms with Crippen molar-refractivity contribution in [3.8, 4) is 12.1 Å². The molecule has 1 heterocycles. The van der Waals surface area contributed by atoms with Crippen LogP contribution in [-0.4, -0.2) is 31.8 Å². The van der Waals surface area contributed by atoms with E-state index in [-0.39, 0.29) is 0 Å². The van der Waals surface area contributed by atoms with Gasteiger partial charge in [0.25, 0.3) is 0 Å². The lowest BCUT2D eigenvalue weighted by Gasteiger charge is -2.23. The Morgan fingerprint density at radius 1 is 1.44 bits per heavy atom. The van der Waals surface area contributed by atoms with Gasteiger partial charge in [0.2, 0.25) is 0 Å². The SMILES string of the molecule is COCCN(CCC#N)c1ncc(N)cc1C#N. The van der Waals surface area contributed by atoms with Gasteiger partial charge in [0.15, 0.2) is 0 Å². The highest BCUT2D eigenvalue weighted by molar-refractivity contribution is 5.58. The summed E-state index contributed by atoms with van der Waals surface area (Å²) in [6, 6.07) is 5.72. The molecule has 6 heteroatoms. The first-order chi connectivity index (χ1) is 8.72. The molecule has 18 heavy (non-hydrogen) atoms. The van der Waals surface area contributed by atoms with Crippen molar-refractivity contribution in [3.05, 3.63) is 17.8 Å². The molecule has 2 N–H and O–H groups in total. The average molecular weight is 245 g/mol. The van der Waals surface area contributed by atoms with Crippen molar-refractivity contribution in [2.24, 2.45) is 0 Å². The monoisotopic (exact) mass is 245 g/mol. The molecule has 0 aromatic carbocycles. The van der Waals surface area contributed by atoms with E-state index in [1.807, 2.05) is 4.90 Å². The van der Waals surface area contributed by atoms with Crippen LogP contribution in [0, 0.1) is 22.7 Å². The number of rotatable bonds is 6. The van der Waals surface area contributed by atoms with Gasteiger partial charge in [-0.15, -0.1) is 0 Å². The molecule has 0 aliphatic rings. The van der Waals surface area contributed by atoms with Gasteiger partial charge in [-0.05, 0) is 6.07 Å². The normalized spacial score (nSPS) is 9.50. The maximum atomic E-state index is 9.07. The topological polar surface area (TPSA) is 99.0 Å². The Kier molecular flexibility index (Phi) is 5.43. The first kappa shape index (κ1) is 13.8. The molecule has 0 spiro atoms. The van der Waals surface area contributed by atoms with Crippen molar-refractivity contribution < 1.29 is 4.74 Å². The summed E-state index contributed by atoms with van der Waals surface area (Å²) in [4.78, 5) is 6.02. The van der Waals surface area contributed by atoms with Crippen LogP contribution in [0.3, 0.4) is 0 Å². The van der Waals surface area contributed by atoms with Crippen LogP contribution in [0.2, 0.25) is 0 Å². The zero-order valence-corrected chi connectivity index (χ0v) is 10.3. The Morgan fingerprint density at radius 2 is 2.22 bits per heavy atom. The molecule has 0 fully saturated rings. The third-order valence-electron chi connectivity index (χ3n) is 2.37. The van der Waals surface area contributed by atoms with Crippen LogP contribution in [0.4, 0.5) is 11.5 Å². The molecule has 0 radical (unpaired) electrons. The lowest BCUT2D eigenvalue weighted by Crippen LogP contribution is -2.29. The van der Waals surface area contributed by atoms with E-state index in [0.29, 0.717) is 43.2 Å². The number of anilines is 2. The molecule has 1 aromatic rings. The number of ether oxygens (including phenoxy) is 1. The Balaban J connectivity index is 2.97. The van der Waals surface area contributed by atoms with E-state index < -0.39 is 0 Å². The second-order valence-corrected chi connectivity index (χ2v) is 3.64. The summed E-state index contributed by atoms with van der Waals surface area (Å²) in [5.41, 5.74) is 6.45. The minimum absolute atomic E-state index is 0.362. The van der Waals surface area contributed by atoms with Crippen LogP contribution in [0.25, 0.3) is 0 Å². The Labute approximate surface area is 106 Å². The highest BCUT2D eigenvalue weighted by Gasteiger charge is 2.12. The van der Waals surface area contributed by atoms with E-state index in [1.54, 1.807) is 13.2 Å². The predicted molar refractivity (Wildman–Crippen MR) is 67.7 cm³/mol. The molecular weight excluding hydrogens is 230 g/mol. The average Bonchev–Trinajstić information content (AvgIpc) is 2.39. The standard InChI is InChI=1S/C12H15N5O/c1-18-6-5-17(4-2-3-13)12-10(8-14)7-11(15)9-16-12/h7,9H,2,4-6,15H2,1H3. The fourth-order valence-electron chi connectivity index (χ4n) is 1.52. The van der Waals surface area contributed by atoms with Gasteiger partial charge in [-0.25, -0.2) is 4.98 Å². The van der Waals surface area contributed by atoms with Crippen molar-refractivity contribution in [1.82, 2.24) is 4.98 Å². The van der Waals surface area contributed by atoms with Crippen LogP contribution < -0.4 is 10.6 Å². The van der Waals surface area contributed by atoms with Gasteiger partial charge >= 0.3 is 0 Å². The number of pyridine rings is 1. The molecule has 0 atom stereocenters. The van der Waals surface area contributed by atoms with E-state index in [1.165, 1.54) is 6.20 Å². The van der Waals surface area contributed by atoms with Crippen LogP contribution >= 0.6 is 0 Å². The van der Waals surface area contributed by atoms with Crippen LogP contribution in [0.5, 0.6) is 0 Å². The summed E-state index contributed by atoms with van der Waals surface area (Å²) in [7, 11) is 1.60.